The first kappa shape index (κ1) is 14.8. The topological polar surface area (TPSA) is 82.6 Å². The van der Waals surface area contributed by atoms with Crippen molar-refractivity contribution in [2.45, 2.75) is 0 Å². The number of benzene rings is 1. The van der Waals surface area contributed by atoms with Gasteiger partial charge in [0, 0.05) is 11.6 Å². The van der Waals surface area contributed by atoms with Crippen LogP contribution in [0.25, 0.3) is 11.3 Å². The number of nitrogens with zero attached hydrogens (tertiary/aromatic N) is 1. The molecule has 0 aliphatic rings. The zero-order valence-electron chi connectivity index (χ0n) is 10.7. The smallest absolute Gasteiger partial charge is 0.374 e. The van der Waals surface area contributed by atoms with Gasteiger partial charge in [0.1, 0.15) is 17.4 Å². The van der Waals surface area contributed by atoms with E-state index in [1.165, 1.54) is 30.3 Å². The third-order valence-corrected chi connectivity index (χ3v) is 2.89. The standard InChI is InChI=1S/C14H10ClNO5/c1-2-7-20-14(17)13-6-5-12(21-13)9-3-4-10(15)11(8-9)16(18)19/h2-6,8H,1,7H2. The number of carbonyl (C=O) groups is 1. The van der Waals surface area contributed by atoms with E-state index in [1.54, 1.807) is 6.07 Å². The van der Waals surface area contributed by atoms with Crippen molar-refractivity contribution in [3.8, 4) is 11.3 Å². The van der Waals surface area contributed by atoms with Crippen LogP contribution in [0.5, 0.6) is 0 Å². The Morgan fingerprint density at radius 2 is 2.19 bits per heavy atom. The van der Waals surface area contributed by atoms with E-state index in [0.29, 0.717) is 11.3 Å². The van der Waals surface area contributed by atoms with Gasteiger partial charge < -0.3 is 9.15 Å². The number of hydrogen-bond acceptors (Lipinski definition) is 5. The van der Waals surface area contributed by atoms with Gasteiger partial charge in [-0.15, -0.1) is 0 Å². The van der Waals surface area contributed by atoms with Crippen molar-refractivity contribution in [3.05, 3.63) is 63.9 Å². The van der Waals surface area contributed by atoms with Gasteiger partial charge in [-0.25, -0.2) is 4.79 Å². The van der Waals surface area contributed by atoms with Gasteiger partial charge in [0.25, 0.3) is 5.69 Å². The van der Waals surface area contributed by atoms with Crippen molar-refractivity contribution in [1.82, 2.24) is 0 Å². The minimum atomic E-state index is -0.635. The molecule has 0 N–H and O–H groups in total. The molecule has 0 aliphatic heterocycles. The number of ether oxygens (including phenoxy) is 1. The Kier molecular flexibility index (Phi) is 4.39. The molecule has 0 unspecified atom stereocenters. The molecule has 7 heteroatoms. The largest absolute Gasteiger partial charge is 0.456 e. The summed E-state index contributed by atoms with van der Waals surface area (Å²) in [6.45, 7) is 3.50. The van der Waals surface area contributed by atoms with E-state index in [1.807, 2.05) is 0 Å². The summed E-state index contributed by atoms with van der Waals surface area (Å²) in [5.41, 5.74) is 0.204. The maximum Gasteiger partial charge on any atom is 0.374 e. The van der Waals surface area contributed by atoms with Crippen LogP contribution in [0.2, 0.25) is 5.02 Å². The monoisotopic (exact) mass is 307 g/mol. The molecule has 0 fully saturated rings. The third kappa shape index (κ3) is 3.29. The van der Waals surface area contributed by atoms with Crippen molar-refractivity contribution in [1.29, 1.82) is 0 Å². The molecule has 1 heterocycles. The second-order valence-corrected chi connectivity index (χ2v) is 4.38. The molecular weight excluding hydrogens is 298 g/mol. The summed E-state index contributed by atoms with van der Waals surface area (Å²) < 4.78 is 10.2. The first-order valence-electron chi connectivity index (χ1n) is 5.85. The predicted molar refractivity (Wildman–Crippen MR) is 76.3 cm³/mol. The van der Waals surface area contributed by atoms with Crippen LogP contribution in [-0.2, 0) is 4.74 Å². The number of furan rings is 1. The summed E-state index contributed by atoms with van der Waals surface area (Å²) in [5.74, 6) is -0.325. The SMILES string of the molecule is C=CCOC(=O)c1ccc(-c2ccc(Cl)c([N+](=O)[O-])c2)o1. The lowest BCUT2D eigenvalue weighted by Crippen LogP contribution is -2.03. The fourth-order valence-corrected chi connectivity index (χ4v) is 1.80. The van der Waals surface area contributed by atoms with E-state index in [-0.39, 0.29) is 23.1 Å². The average Bonchev–Trinajstić information content (AvgIpc) is 2.94. The quantitative estimate of drug-likeness (QED) is 0.362. The Hall–Kier alpha value is -2.60. The fourth-order valence-electron chi connectivity index (χ4n) is 1.61. The van der Waals surface area contributed by atoms with Crippen molar-refractivity contribution in [2.75, 3.05) is 6.61 Å². The zero-order chi connectivity index (χ0) is 15.4. The molecule has 2 rings (SSSR count). The summed E-state index contributed by atoms with van der Waals surface area (Å²) in [6, 6.07) is 7.19. The molecule has 0 radical (unpaired) electrons. The summed E-state index contributed by atoms with van der Waals surface area (Å²) in [6.07, 6.45) is 1.43. The van der Waals surface area contributed by atoms with E-state index in [4.69, 9.17) is 20.8 Å². The summed E-state index contributed by atoms with van der Waals surface area (Å²) >= 11 is 5.74. The molecule has 0 aliphatic carbocycles. The number of esters is 1. The lowest BCUT2D eigenvalue weighted by molar-refractivity contribution is -0.384. The Balaban J connectivity index is 2.29. The number of nitro benzene ring substituents is 1. The van der Waals surface area contributed by atoms with Gasteiger partial charge in [-0.2, -0.15) is 0 Å². The van der Waals surface area contributed by atoms with E-state index in [9.17, 15) is 14.9 Å². The van der Waals surface area contributed by atoms with Crippen LogP contribution in [0.1, 0.15) is 10.6 Å². The summed E-state index contributed by atoms with van der Waals surface area (Å²) in [4.78, 5) is 21.8. The molecule has 0 saturated heterocycles. The first-order chi connectivity index (χ1) is 10.0. The number of hydrogen-bond donors (Lipinski definition) is 0. The Morgan fingerprint density at radius 3 is 2.86 bits per heavy atom. The maximum atomic E-state index is 11.6. The van der Waals surface area contributed by atoms with Crippen molar-refractivity contribution in [2.24, 2.45) is 0 Å². The second kappa shape index (κ2) is 6.23. The molecule has 108 valence electrons. The highest BCUT2D eigenvalue weighted by Gasteiger charge is 2.17. The minimum absolute atomic E-state index is 0.00412. The average molecular weight is 308 g/mol. The van der Waals surface area contributed by atoms with Crippen LogP contribution in [0, 0.1) is 10.1 Å². The number of carbonyl (C=O) groups excluding carboxylic acids is 1. The molecule has 2 aromatic rings. The van der Waals surface area contributed by atoms with Crippen molar-refractivity contribution < 1.29 is 18.9 Å². The van der Waals surface area contributed by atoms with Gasteiger partial charge in [0.05, 0.1) is 4.92 Å². The van der Waals surface area contributed by atoms with Gasteiger partial charge in [-0.1, -0.05) is 24.3 Å². The highest BCUT2D eigenvalue weighted by Crippen LogP contribution is 2.31. The number of nitro groups is 1. The molecule has 0 bridgehead atoms. The zero-order valence-corrected chi connectivity index (χ0v) is 11.5. The second-order valence-electron chi connectivity index (χ2n) is 3.97. The normalized spacial score (nSPS) is 10.1. The van der Waals surface area contributed by atoms with Crippen LogP contribution in [0.15, 0.2) is 47.4 Å². The van der Waals surface area contributed by atoms with Crippen LogP contribution < -0.4 is 0 Å². The van der Waals surface area contributed by atoms with Crippen LogP contribution >= 0.6 is 11.6 Å². The molecular formula is C14H10ClNO5. The summed E-state index contributed by atoms with van der Waals surface area (Å²) in [5, 5.41) is 10.9. The molecule has 21 heavy (non-hydrogen) atoms. The van der Waals surface area contributed by atoms with Gasteiger partial charge in [-0.05, 0) is 24.3 Å². The lowest BCUT2D eigenvalue weighted by atomic mass is 10.1. The molecule has 1 aromatic carbocycles. The molecule has 1 aromatic heterocycles. The van der Waals surface area contributed by atoms with E-state index < -0.39 is 10.9 Å². The number of halogens is 1. The van der Waals surface area contributed by atoms with Gasteiger partial charge in [0.2, 0.25) is 5.76 Å². The van der Waals surface area contributed by atoms with Crippen LogP contribution in [0.3, 0.4) is 0 Å². The molecule has 0 spiro atoms. The van der Waals surface area contributed by atoms with Crippen LogP contribution in [-0.4, -0.2) is 17.5 Å². The van der Waals surface area contributed by atoms with E-state index in [2.05, 4.69) is 6.58 Å². The Bertz CT molecular complexity index is 707. The van der Waals surface area contributed by atoms with Gasteiger partial charge >= 0.3 is 5.97 Å². The molecule has 6 nitrogen and oxygen atoms in total. The lowest BCUT2D eigenvalue weighted by Gasteiger charge is -2.00. The van der Waals surface area contributed by atoms with E-state index in [0.717, 1.165) is 0 Å². The molecule has 0 atom stereocenters. The highest BCUT2D eigenvalue weighted by atomic mass is 35.5. The van der Waals surface area contributed by atoms with Gasteiger partial charge in [-0.3, -0.25) is 10.1 Å². The maximum absolute atomic E-state index is 11.6. The summed E-state index contributed by atoms with van der Waals surface area (Å²) in [7, 11) is 0. The third-order valence-electron chi connectivity index (χ3n) is 2.57. The molecule has 0 saturated carbocycles. The number of rotatable bonds is 5. The first-order valence-corrected chi connectivity index (χ1v) is 6.23. The van der Waals surface area contributed by atoms with Crippen LogP contribution in [0.4, 0.5) is 5.69 Å². The minimum Gasteiger partial charge on any atom is -0.456 e. The van der Waals surface area contributed by atoms with Crippen molar-refractivity contribution in [3.63, 3.8) is 0 Å². The molecule has 0 amide bonds. The highest BCUT2D eigenvalue weighted by molar-refractivity contribution is 6.32. The Morgan fingerprint density at radius 1 is 1.43 bits per heavy atom. The fraction of sp³-hybridized carbons (Fsp3) is 0.0714. The van der Waals surface area contributed by atoms with Gasteiger partial charge in [0.15, 0.2) is 0 Å². The van der Waals surface area contributed by atoms with E-state index >= 15 is 0 Å². The Labute approximate surface area is 124 Å². The van der Waals surface area contributed by atoms with Crippen molar-refractivity contribution >= 4 is 23.3 Å². The predicted octanol–water partition coefficient (Wildman–Crippen LogP) is 3.85.